The molecule has 6 heteroatoms. The van der Waals surface area contributed by atoms with Gasteiger partial charge in [0.15, 0.2) is 5.78 Å². The third-order valence-corrected chi connectivity index (χ3v) is 5.89. The highest BCUT2D eigenvalue weighted by atomic mass is 32.1. The van der Waals surface area contributed by atoms with Crippen LogP contribution in [0.1, 0.15) is 51.5 Å². The fourth-order valence-corrected chi connectivity index (χ4v) is 3.76. The van der Waals surface area contributed by atoms with E-state index in [0.717, 1.165) is 51.4 Å². The number of nitrogens with one attached hydrogen (secondary N) is 1. The molecule has 0 amide bonds. The number of ether oxygens (including phenoxy) is 2. The van der Waals surface area contributed by atoms with E-state index in [4.69, 9.17) is 9.47 Å². The number of hydrogen-bond acceptors (Lipinski definition) is 6. The lowest BCUT2D eigenvalue weighted by atomic mass is 10.1. The number of Topliss-reactive ketones (excluding diaryl/α,β-unsaturated/α-hetero) is 1. The molecule has 0 aliphatic carbocycles. The summed E-state index contributed by atoms with van der Waals surface area (Å²) in [6.45, 7) is 23.5. The zero-order valence-corrected chi connectivity index (χ0v) is 22.1. The number of anilines is 1. The second-order valence-corrected chi connectivity index (χ2v) is 8.46. The van der Waals surface area contributed by atoms with Crippen LogP contribution in [-0.2, 0) is 14.3 Å². The number of ketones is 1. The van der Waals surface area contributed by atoms with Gasteiger partial charge in [-0.05, 0) is 51.3 Å². The fourth-order valence-electron chi connectivity index (χ4n) is 2.84. The van der Waals surface area contributed by atoms with Gasteiger partial charge in [-0.2, -0.15) is 0 Å². The van der Waals surface area contributed by atoms with Gasteiger partial charge < -0.3 is 14.8 Å². The van der Waals surface area contributed by atoms with E-state index in [1.165, 1.54) is 15.4 Å². The molecule has 0 saturated carbocycles. The second-order valence-electron chi connectivity index (χ2n) is 7.20. The first-order valence-corrected chi connectivity index (χ1v) is 12.4. The van der Waals surface area contributed by atoms with Gasteiger partial charge in [-0.15, -0.1) is 11.3 Å². The van der Waals surface area contributed by atoms with Gasteiger partial charge in [-0.1, -0.05) is 45.6 Å². The number of hydrogen-bond donors (Lipinski definition) is 1. The minimum atomic E-state index is 0.0725. The SMILES string of the molecule is C=C/C(C(C)=O)=C(C)\C=C/CC.CC.Cc1cc(NCOCCN2CCOCC2)sc1C. The van der Waals surface area contributed by atoms with Crippen LogP contribution in [0.2, 0.25) is 0 Å². The summed E-state index contributed by atoms with van der Waals surface area (Å²) in [4.78, 5) is 14.8. The van der Waals surface area contributed by atoms with Crippen molar-refractivity contribution in [2.45, 2.75) is 54.9 Å². The molecule has 0 unspecified atom stereocenters. The summed E-state index contributed by atoms with van der Waals surface area (Å²) in [6.07, 6.45) is 6.58. The van der Waals surface area contributed by atoms with Crippen molar-refractivity contribution in [3.63, 3.8) is 0 Å². The Labute approximate surface area is 200 Å². The maximum Gasteiger partial charge on any atom is 0.160 e. The Morgan fingerprint density at radius 1 is 1.28 bits per heavy atom. The van der Waals surface area contributed by atoms with Gasteiger partial charge in [0.05, 0.1) is 24.8 Å². The largest absolute Gasteiger partial charge is 0.379 e. The predicted octanol–water partition coefficient (Wildman–Crippen LogP) is 6.15. The molecule has 0 radical (unpaired) electrons. The summed E-state index contributed by atoms with van der Waals surface area (Å²) in [6, 6.07) is 2.17. The number of carbonyl (C=O) groups excluding carboxylic acids is 1. The summed E-state index contributed by atoms with van der Waals surface area (Å²) in [5.74, 6) is 0.0725. The topological polar surface area (TPSA) is 50.8 Å². The van der Waals surface area contributed by atoms with E-state index in [-0.39, 0.29) is 5.78 Å². The lowest BCUT2D eigenvalue weighted by Gasteiger charge is -2.26. The van der Waals surface area contributed by atoms with E-state index >= 15 is 0 Å². The predicted molar refractivity (Wildman–Crippen MR) is 140 cm³/mol. The van der Waals surface area contributed by atoms with Crippen LogP contribution in [0.4, 0.5) is 5.00 Å². The van der Waals surface area contributed by atoms with Crippen LogP contribution in [-0.4, -0.2) is 56.9 Å². The van der Waals surface area contributed by atoms with Gasteiger partial charge in [-0.25, -0.2) is 0 Å². The molecular formula is C26H44N2O3S. The number of nitrogens with zero attached hydrogens (tertiary/aromatic N) is 1. The smallest absolute Gasteiger partial charge is 0.160 e. The van der Waals surface area contributed by atoms with Crippen LogP contribution in [0.3, 0.4) is 0 Å². The maximum absolute atomic E-state index is 11.0. The molecule has 1 saturated heterocycles. The molecule has 0 atom stereocenters. The number of morpholine rings is 1. The maximum atomic E-state index is 11.0. The van der Waals surface area contributed by atoms with Crippen LogP contribution in [0.25, 0.3) is 0 Å². The van der Waals surface area contributed by atoms with Crippen LogP contribution in [0.5, 0.6) is 0 Å². The van der Waals surface area contributed by atoms with Crippen molar-refractivity contribution in [1.29, 1.82) is 0 Å². The first-order chi connectivity index (χ1) is 15.4. The van der Waals surface area contributed by atoms with E-state index in [9.17, 15) is 4.79 Å². The minimum absolute atomic E-state index is 0.0725. The standard InChI is InChI=1S/C13H22N2O2S.C11H16O.C2H6/c1-11-9-13(18-12(11)2)14-10-17-8-5-15-3-6-16-7-4-15;1-5-7-8-9(3)11(6-2)10(4)12;1-2/h9,14H,3-8,10H2,1-2H3;6-8H,2,5H2,1,3-4H3;1-2H3/b;8-7-,11-9+;. The Kier molecular flexibility index (Phi) is 17.8. The number of aryl methyl sites for hydroxylation is 2. The molecular weight excluding hydrogens is 420 g/mol. The van der Waals surface area contributed by atoms with E-state index in [0.29, 0.717) is 12.3 Å². The highest BCUT2D eigenvalue weighted by Gasteiger charge is 2.09. The monoisotopic (exact) mass is 464 g/mol. The van der Waals surface area contributed by atoms with E-state index in [1.807, 2.05) is 32.9 Å². The van der Waals surface area contributed by atoms with E-state index < -0.39 is 0 Å². The van der Waals surface area contributed by atoms with Gasteiger partial charge in [0, 0.05) is 30.1 Å². The summed E-state index contributed by atoms with van der Waals surface area (Å²) in [7, 11) is 0. The van der Waals surface area contributed by atoms with Crippen LogP contribution in [0.15, 0.2) is 42.0 Å². The summed E-state index contributed by atoms with van der Waals surface area (Å²) >= 11 is 1.78. The summed E-state index contributed by atoms with van der Waals surface area (Å²) in [5, 5.41) is 4.49. The Bertz CT molecular complexity index is 697. The molecule has 2 heterocycles. The van der Waals surface area contributed by atoms with Crippen molar-refractivity contribution in [2.75, 3.05) is 51.5 Å². The van der Waals surface area contributed by atoms with E-state index in [1.54, 1.807) is 24.3 Å². The lowest BCUT2D eigenvalue weighted by Crippen LogP contribution is -2.38. The molecule has 1 aromatic rings. The Morgan fingerprint density at radius 3 is 2.44 bits per heavy atom. The Morgan fingerprint density at radius 2 is 1.94 bits per heavy atom. The molecule has 1 aromatic heterocycles. The molecule has 32 heavy (non-hydrogen) atoms. The molecule has 0 spiro atoms. The normalized spacial score (nSPS) is 14.6. The Balaban J connectivity index is 0.000000602. The minimum Gasteiger partial charge on any atom is -0.379 e. The first-order valence-electron chi connectivity index (χ1n) is 11.6. The highest BCUT2D eigenvalue weighted by Crippen LogP contribution is 2.25. The number of rotatable bonds is 10. The molecule has 1 fully saturated rings. The van der Waals surface area contributed by atoms with Crippen LogP contribution < -0.4 is 5.32 Å². The van der Waals surface area contributed by atoms with Crippen LogP contribution >= 0.6 is 11.3 Å². The van der Waals surface area contributed by atoms with Crippen molar-refractivity contribution in [3.05, 3.63) is 52.5 Å². The molecule has 0 bridgehead atoms. The van der Waals surface area contributed by atoms with Gasteiger partial charge >= 0.3 is 0 Å². The third kappa shape index (κ3) is 13.0. The van der Waals surface area contributed by atoms with Crippen molar-refractivity contribution in [2.24, 2.45) is 0 Å². The number of allylic oxidation sites excluding steroid dienone is 5. The summed E-state index contributed by atoms with van der Waals surface area (Å²) < 4.78 is 10.9. The summed E-state index contributed by atoms with van der Waals surface area (Å²) in [5.41, 5.74) is 3.04. The molecule has 1 aliphatic heterocycles. The van der Waals surface area contributed by atoms with Crippen molar-refractivity contribution in [3.8, 4) is 0 Å². The van der Waals surface area contributed by atoms with Crippen molar-refractivity contribution >= 4 is 22.1 Å². The van der Waals surface area contributed by atoms with Crippen molar-refractivity contribution in [1.82, 2.24) is 4.90 Å². The Hall–Kier alpha value is -1.73. The highest BCUT2D eigenvalue weighted by molar-refractivity contribution is 7.16. The molecule has 2 rings (SSSR count). The molecule has 182 valence electrons. The van der Waals surface area contributed by atoms with E-state index in [2.05, 4.69) is 43.6 Å². The fraction of sp³-hybridized carbons (Fsp3) is 0.577. The molecule has 1 aliphatic rings. The van der Waals surface area contributed by atoms with Gasteiger partial charge in [0.2, 0.25) is 0 Å². The number of carbonyl (C=O) groups is 1. The zero-order chi connectivity index (χ0) is 24.4. The number of thiophene rings is 1. The lowest BCUT2D eigenvalue weighted by molar-refractivity contribution is -0.113. The molecule has 1 N–H and O–H groups in total. The van der Waals surface area contributed by atoms with Gasteiger partial charge in [0.25, 0.3) is 0 Å². The van der Waals surface area contributed by atoms with Crippen molar-refractivity contribution < 1.29 is 14.3 Å². The average molecular weight is 465 g/mol. The second kappa shape index (κ2) is 18.8. The molecule has 0 aromatic carbocycles. The van der Waals surface area contributed by atoms with Crippen LogP contribution in [0, 0.1) is 13.8 Å². The quantitative estimate of drug-likeness (QED) is 0.195. The average Bonchev–Trinajstić information content (AvgIpc) is 3.12. The van der Waals surface area contributed by atoms with Gasteiger partial charge in [0.1, 0.15) is 6.73 Å². The first kappa shape index (κ1) is 30.3. The molecule has 5 nitrogen and oxygen atoms in total. The third-order valence-electron chi connectivity index (χ3n) is 4.78. The van der Waals surface area contributed by atoms with Gasteiger partial charge in [-0.3, -0.25) is 9.69 Å². The zero-order valence-electron chi connectivity index (χ0n) is 21.3.